The average molecular weight is 269 g/mol. The number of rotatable bonds is 5. The molecule has 0 fully saturated rings. The van der Waals surface area contributed by atoms with Crippen LogP contribution in [-0.2, 0) is 0 Å². The first-order valence-corrected chi connectivity index (χ1v) is 6.77. The maximum absolute atomic E-state index is 11.8. The monoisotopic (exact) mass is 268 g/mol. The van der Waals surface area contributed by atoms with Crippen LogP contribution in [0.1, 0.15) is 45.2 Å². The first-order valence-electron chi connectivity index (χ1n) is 6.39. The fourth-order valence-corrected chi connectivity index (χ4v) is 1.87. The van der Waals surface area contributed by atoms with Crippen molar-refractivity contribution < 1.29 is 4.79 Å². The minimum atomic E-state index is -0.129. The third-order valence-corrected chi connectivity index (χ3v) is 3.19. The number of benzene rings is 1. The minimum absolute atomic E-state index is 0.00671. The summed E-state index contributed by atoms with van der Waals surface area (Å²) in [5.74, 6) is 0. The van der Waals surface area contributed by atoms with E-state index < -0.39 is 0 Å². The third kappa shape index (κ3) is 4.57. The Labute approximate surface area is 114 Å². The number of urea groups is 1. The van der Waals surface area contributed by atoms with Crippen molar-refractivity contribution in [2.75, 3.05) is 0 Å². The molecule has 1 aromatic carbocycles. The summed E-state index contributed by atoms with van der Waals surface area (Å²) in [5, 5.41) is 6.55. The second kappa shape index (κ2) is 7.27. The van der Waals surface area contributed by atoms with Crippen molar-refractivity contribution in [2.24, 2.45) is 0 Å². The first kappa shape index (κ1) is 14.8. The molecule has 0 spiro atoms. The highest BCUT2D eigenvalue weighted by Crippen LogP contribution is 2.20. The van der Waals surface area contributed by atoms with Crippen molar-refractivity contribution in [1.82, 2.24) is 10.6 Å². The number of carbonyl (C=O) groups excluding carboxylic acids is 1. The third-order valence-electron chi connectivity index (χ3n) is 2.95. The summed E-state index contributed by atoms with van der Waals surface area (Å²) in [4.78, 5) is 11.8. The molecule has 2 atom stereocenters. The number of nitrogens with one attached hydrogen (secondary N) is 2. The van der Waals surface area contributed by atoms with E-state index >= 15 is 0 Å². The van der Waals surface area contributed by atoms with E-state index in [-0.39, 0.29) is 18.1 Å². The highest BCUT2D eigenvalue weighted by molar-refractivity contribution is 6.30. The zero-order valence-electron chi connectivity index (χ0n) is 11.2. The van der Waals surface area contributed by atoms with Gasteiger partial charge in [0.15, 0.2) is 0 Å². The second-order valence-corrected chi connectivity index (χ2v) is 4.88. The van der Waals surface area contributed by atoms with E-state index in [0.29, 0.717) is 5.02 Å². The molecule has 18 heavy (non-hydrogen) atoms. The van der Waals surface area contributed by atoms with Crippen LogP contribution >= 0.6 is 11.6 Å². The molecular formula is C14H21ClN2O. The Kier molecular flexibility index (Phi) is 5.99. The Balaban J connectivity index is 2.65. The van der Waals surface area contributed by atoms with Crippen LogP contribution in [-0.4, -0.2) is 12.1 Å². The van der Waals surface area contributed by atoms with Crippen molar-refractivity contribution in [1.29, 1.82) is 0 Å². The topological polar surface area (TPSA) is 41.1 Å². The van der Waals surface area contributed by atoms with E-state index in [0.717, 1.165) is 18.4 Å². The Morgan fingerprint density at radius 2 is 2.00 bits per heavy atom. The molecule has 2 amide bonds. The van der Waals surface area contributed by atoms with E-state index in [1.807, 2.05) is 45.0 Å². The van der Waals surface area contributed by atoms with Gasteiger partial charge in [0.2, 0.25) is 0 Å². The molecule has 0 bridgehead atoms. The van der Waals surface area contributed by atoms with Crippen LogP contribution in [0.4, 0.5) is 4.79 Å². The molecule has 3 nitrogen and oxygen atoms in total. The molecular weight excluding hydrogens is 248 g/mol. The Morgan fingerprint density at radius 3 is 2.56 bits per heavy atom. The molecule has 1 rings (SSSR count). The number of amides is 2. The lowest BCUT2D eigenvalue weighted by Gasteiger charge is -2.20. The second-order valence-electron chi connectivity index (χ2n) is 4.44. The largest absolute Gasteiger partial charge is 0.336 e. The summed E-state index contributed by atoms with van der Waals surface area (Å²) in [7, 11) is 0. The van der Waals surface area contributed by atoms with Gasteiger partial charge in [-0.3, -0.25) is 0 Å². The van der Waals surface area contributed by atoms with Gasteiger partial charge in [-0.1, -0.05) is 37.6 Å². The number of hydrogen-bond acceptors (Lipinski definition) is 1. The van der Waals surface area contributed by atoms with E-state index in [1.165, 1.54) is 0 Å². The van der Waals surface area contributed by atoms with Crippen LogP contribution in [0.15, 0.2) is 24.3 Å². The summed E-state index contributed by atoms with van der Waals surface area (Å²) in [6.07, 6.45) is 1.75. The molecule has 0 aliphatic carbocycles. The Morgan fingerprint density at radius 1 is 1.28 bits per heavy atom. The van der Waals surface area contributed by atoms with Crippen LogP contribution in [0, 0.1) is 0 Å². The van der Waals surface area contributed by atoms with Gasteiger partial charge < -0.3 is 10.6 Å². The average Bonchev–Trinajstić information content (AvgIpc) is 2.35. The van der Waals surface area contributed by atoms with E-state index in [1.54, 1.807) is 0 Å². The zero-order valence-corrected chi connectivity index (χ0v) is 11.9. The fourth-order valence-electron chi connectivity index (χ4n) is 1.67. The molecule has 100 valence electrons. The van der Waals surface area contributed by atoms with Crippen LogP contribution in [0.2, 0.25) is 5.02 Å². The standard InChI is InChI=1S/C14H21ClN2O/c1-4-10(3)16-14(18)17-13(5-2)11-7-6-8-12(15)9-11/h6-10,13H,4-5H2,1-3H3,(H2,16,17,18). The van der Waals surface area contributed by atoms with Crippen LogP contribution in [0.5, 0.6) is 0 Å². The lowest BCUT2D eigenvalue weighted by Crippen LogP contribution is -2.42. The molecule has 4 heteroatoms. The molecule has 0 aliphatic rings. The van der Waals surface area contributed by atoms with Crippen molar-refractivity contribution in [3.63, 3.8) is 0 Å². The van der Waals surface area contributed by atoms with Gasteiger partial charge in [-0.05, 0) is 37.5 Å². The van der Waals surface area contributed by atoms with Gasteiger partial charge in [-0.15, -0.1) is 0 Å². The summed E-state index contributed by atoms with van der Waals surface area (Å²) >= 11 is 5.96. The SMILES string of the molecule is CCC(C)NC(=O)NC(CC)c1cccc(Cl)c1. The molecule has 0 radical (unpaired) electrons. The Hall–Kier alpha value is -1.22. The van der Waals surface area contributed by atoms with Crippen LogP contribution in [0.25, 0.3) is 0 Å². The van der Waals surface area contributed by atoms with Crippen molar-refractivity contribution >= 4 is 17.6 Å². The van der Waals surface area contributed by atoms with Crippen molar-refractivity contribution in [3.8, 4) is 0 Å². The maximum Gasteiger partial charge on any atom is 0.315 e. The number of carbonyl (C=O) groups is 1. The molecule has 0 heterocycles. The van der Waals surface area contributed by atoms with Gasteiger partial charge >= 0.3 is 6.03 Å². The van der Waals surface area contributed by atoms with Crippen LogP contribution < -0.4 is 10.6 Å². The highest BCUT2D eigenvalue weighted by atomic mass is 35.5. The summed E-state index contributed by atoms with van der Waals surface area (Å²) < 4.78 is 0. The zero-order chi connectivity index (χ0) is 13.5. The van der Waals surface area contributed by atoms with Crippen molar-refractivity contribution in [3.05, 3.63) is 34.9 Å². The fraction of sp³-hybridized carbons (Fsp3) is 0.500. The van der Waals surface area contributed by atoms with Gasteiger partial charge in [-0.2, -0.15) is 0 Å². The molecule has 0 saturated heterocycles. The van der Waals surface area contributed by atoms with E-state index in [4.69, 9.17) is 11.6 Å². The minimum Gasteiger partial charge on any atom is -0.336 e. The highest BCUT2D eigenvalue weighted by Gasteiger charge is 2.13. The summed E-state index contributed by atoms with van der Waals surface area (Å²) in [6.45, 7) is 6.06. The molecule has 1 aromatic rings. The molecule has 2 unspecified atom stereocenters. The summed E-state index contributed by atoms with van der Waals surface area (Å²) in [6, 6.07) is 7.64. The first-order chi connectivity index (χ1) is 8.56. The van der Waals surface area contributed by atoms with Gasteiger partial charge in [0, 0.05) is 11.1 Å². The number of hydrogen-bond donors (Lipinski definition) is 2. The van der Waals surface area contributed by atoms with E-state index in [9.17, 15) is 4.79 Å². The van der Waals surface area contributed by atoms with Crippen molar-refractivity contribution in [2.45, 2.75) is 45.7 Å². The lowest BCUT2D eigenvalue weighted by molar-refractivity contribution is 0.233. The van der Waals surface area contributed by atoms with Gasteiger partial charge in [0.25, 0.3) is 0 Å². The molecule has 2 N–H and O–H groups in total. The predicted octanol–water partition coefficient (Wildman–Crippen LogP) is 3.89. The molecule has 0 aromatic heterocycles. The van der Waals surface area contributed by atoms with E-state index in [2.05, 4.69) is 10.6 Å². The predicted molar refractivity (Wildman–Crippen MR) is 75.9 cm³/mol. The maximum atomic E-state index is 11.8. The smallest absolute Gasteiger partial charge is 0.315 e. The normalized spacial score (nSPS) is 13.8. The van der Waals surface area contributed by atoms with Gasteiger partial charge in [0.05, 0.1) is 6.04 Å². The number of halogens is 1. The Bertz CT molecular complexity index is 395. The molecule has 0 aliphatic heterocycles. The molecule has 0 saturated carbocycles. The van der Waals surface area contributed by atoms with Crippen LogP contribution in [0.3, 0.4) is 0 Å². The quantitative estimate of drug-likeness (QED) is 0.836. The van der Waals surface area contributed by atoms with Gasteiger partial charge in [-0.25, -0.2) is 4.79 Å². The summed E-state index contributed by atoms with van der Waals surface area (Å²) in [5.41, 5.74) is 1.03. The lowest BCUT2D eigenvalue weighted by atomic mass is 10.1. The van der Waals surface area contributed by atoms with Gasteiger partial charge in [0.1, 0.15) is 0 Å².